The van der Waals surface area contributed by atoms with Crippen molar-refractivity contribution in [2.45, 2.75) is 19.4 Å². The zero-order valence-electron chi connectivity index (χ0n) is 12.0. The van der Waals surface area contributed by atoms with E-state index in [1.807, 2.05) is 24.3 Å². The predicted octanol–water partition coefficient (Wildman–Crippen LogP) is 1.56. The molecule has 0 fully saturated rings. The highest BCUT2D eigenvalue weighted by Gasteiger charge is 2.25. The molecule has 1 aromatic heterocycles. The summed E-state index contributed by atoms with van der Waals surface area (Å²) in [6.45, 7) is 2.19. The first-order valence-electron chi connectivity index (χ1n) is 6.90. The van der Waals surface area contributed by atoms with Crippen LogP contribution in [0.2, 0.25) is 0 Å². The topological polar surface area (TPSA) is 93.5 Å². The largest absolute Gasteiger partial charge is 0.493 e. The van der Waals surface area contributed by atoms with E-state index in [1.165, 1.54) is 6.07 Å². The van der Waals surface area contributed by atoms with E-state index in [4.69, 9.17) is 9.26 Å². The molecular formula is C15H15N3O4. The lowest BCUT2D eigenvalue weighted by Gasteiger charge is -2.26. The Labute approximate surface area is 126 Å². The predicted molar refractivity (Wildman–Crippen MR) is 77.3 cm³/mol. The van der Waals surface area contributed by atoms with Gasteiger partial charge in [-0.15, -0.1) is 0 Å². The lowest BCUT2D eigenvalue weighted by molar-refractivity contribution is -0.136. The average Bonchev–Trinajstić information content (AvgIpc) is 2.92. The van der Waals surface area contributed by atoms with Crippen LogP contribution in [0.4, 0.5) is 5.82 Å². The number of para-hydroxylation sites is 1. The Bertz CT molecular complexity index is 710. The van der Waals surface area contributed by atoms with Crippen LogP contribution >= 0.6 is 0 Å². The quantitative estimate of drug-likeness (QED) is 0.821. The smallest absolute Gasteiger partial charge is 0.314 e. The van der Waals surface area contributed by atoms with E-state index in [0.29, 0.717) is 18.8 Å². The van der Waals surface area contributed by atoms with E-state index >= 15 is 0 Å². The summed E-state index contributed by atoms with van der Waals surface area (Å²) < 4.78 is 10.3. The normalized spacial score (nSPS) is 16.3. The maximum atomic E-state index is 12.0. The Hall–Kier alpha value is -2.83. The molecule has 114 valence electrons. The Morgan fingerprint density at radius 3 is 2.86 bits per heavy atom. The number of carbonyl (C=O) groups excluding carboxylic acids is 2. The van der Waals surface area contributed by atoms with Crippen LogP contribution in [0.25, 0.3) is 0 Å². The lowest BCUT2D eigenvalue weighted by Crippen LogP contribution is -2.39. The number of aryl methyl sites for hydroxylation is 1. The van der Waals surface area contributed by atoms with Gasteiger partial charge in [-0.05, 0) is 13.0 Å². The molecule has 7 heteroatoms. The third-order valence-electron chi connectivity index (χ3n) is 3.34. The van der Waals surface area contributed by atoms with Crippen LogP contribution in [-0.4, -0.2) is 23.6 Å². The van der Waals surface area contributed by atoms with Gasteiger partial charge in [0.2, 0.25) is 0 Å². The molecule has 2 heterocycles. The van der Waals surface area contributed by atoms with Crippen molar-refractivity contribution in [2.24, 2.45) is 0 Å². The van der Waals surface area contributed by atoms with E-state index in [0.717, 1.165) is 11.3 Å². The molecule has 3 rings (SSSR count). The number of nitrogens with zero attached hydrogens (tertiary/aromatic N) is 1. The Morgan fingerprint density at radius 2 is 2.09 bits per heavy atom. The minimum Gasteiger partial charge on any atom is -0.493 e. The number of fused-ring (bicyclic) bond motifs is 1. The van der Waals surface area contributed by atoms with Crippen molar-refractivity contribution >= 4 is 17.6 Å². The van der Waals surface area contributed by atoms with Gasteiger partial charge in [0.05, 0.1) is 12.6 Å². The minimum atomic E-state index is -0.780. The van der Waals surface area contributed by atoms with Crippen molar-refractivity contribution < 1.29 is 18.8 Å². The van der Waals surface area contributed by atoms with E-state index in [-0.39, 0.29) is 11.9 Å². The molecule has 1 aliphatic rings. The lowest BCUT2D eigenvalue weighted by atomic mass is 10.0. The van der Waals surface area contributed by atoms with Crippen LogP contribution in [0.1, 0.15) is 23.8 Å². The van der Waals surface area contributed by atoms with Crippen molar-refractivity contribution in [1.29, 1.82) is 0 Å². The molecule has 0 spiro atoms. The second-order valence-electron chi connectivity index (χ2n) is 4.98. The number of carbonyl (C=O) groups is 2. The molecule has 2 amide bonds. The molecule has 0 radical (unpaired) electrons. The first-order chi connectivity index (χ1) is 10.6. The van der Waals surface area contributed by atoms with Gasteiger partial charge in [-0.1, -0.05) is 23.4 Å². The number of aromatic nitrogens is 1. The maximum absolute atomic E-state index is 12.0. The number of rotatable bonds is 2. The van der Waals surface area contributed by atoms with Crippen LogP contribution in [0.5, 0.6) is 5.75 Å². The molecule has 1 unspecified atom stereocenters. The van der Waals surface area contributed by atoms with Gasteiger partial charge in [0, 0.05) is 18.1 Å². The molecule has 7 nitrogen and oxygen atoms in total. The minimum absolute atomic E-state index is 0.213. The highest BCUT2D eigenvalue weighted by molar-refractivity contribution is 6.39. The van der Waals surface area contributed by atoms with Crippen LogP contribution in [0.3, 0.4) is 0 Å². The van der Waals surface area contributed by atoms with Gasteiger partial charge < -0.3 is 14.6 Å². The van der Waals surface area contributed by atoms with Gasteiger partial charge in [0.25, 0.3) is 0 Å². The van der Waals surface area contributed by atoms with E-state index in [2.05, 4.69) is 15.8 Å². The highest BCUT2D eigenvalue weighted by atomic mass is 16.5. The van der Waals surface area contributed by atoms with Crippen LogP contribution in [0.15, 0.2) is 34.9 Å². The molecule has 0 bridgehead atoms. The van der Waals surface area contributed by atoms with Gasteiger partial charge >= 0.3 is 11.8 Å². The number of amides is 2. The summed E-state index contributed by atoms with van der Waals surface area (Å²) in [5.41, 5.74) is 0.868. The standard InChI is InChI=1S/C15H15N3O4/c1-9-8-13(18-22-9)17-15(20)14(19)16-11-6-7-21-12-5-3-2-4-10(11)12/h2-5,8,11H,6-7H2,1H3,(H,16,19)(H,17,18,20). The summed E-state index contributed by atoms with van der Waals surface area (Å²) in [6.07, 6.45) is 0.610. The van der Waals surface area contributed by atoms with Crippen LogP contribution in [-0.2, 0) is 9.59 Å². The monoisotopic (exact) mass is 301 g/mol. The number of hydrogen-bond acceptors (Lipinski definition) is 5. The van der Waals surface area contributed by atoms with Crippen molar-refractivity contribution in [3.63, 3.8) is 0 Å². The number of nitrogens with one attached hydrogen (secondary N) is 2. The molecule has 22 heavy (non-hydrogen) atoms. The zero-order chi connectivity index (χ0) is 15.5. The second-order valence-corrected chi connectivity index (χ2v) is 4.98. The van der Waals surface area contributed by atoms with Gasteiger partial charge in [-0.3, -0.25) is 14.9 Å². The van der Waals surface area contributed by atoms with Gasteiger partial charge in [0.15, 0.2) is 5.82 Å². The molecule has 0 saturated heterocycles. The summed E-state index contributed by atoms with van der Waals surface area (Å²) in [7, 11) is 0. The highest BCUT2D eigenvalue weighted by Crippen LogP contribution is 2.31. The van der Waals surface area contributed by atoms with Crippen LogP contribution in [0, 0.1) is 6.92 Å². The molecule has 0 saturated carbocycles. The average molecular weight is 301 g/mol. The van der Waals surface area contributed by atoms with Crippen molar-refractivity contribution in [1.82, 2.24) is 10.5 Å². The second kappa shape index (κ2) is 5.88. The van der Waals surface area contributed by atoms with Crippen molar-refractivity contribution in [3.8, 4) is 5.75 Å². The maximum Gasteiger partial charge on any atom is 0.314 e. The molecule has 1 atom stereocenters. The van der Waals surface area contributed by atoms with Crippen LogP contribution < -0.4 is 15.4 Å². The van der Waals surface area contributed by atoms with Gasteiger partial charge in [0.1, 0.15) is 11.5 Å². The zero-order valence-corrected chi connectivity index (χ0v) is 12.0. The number of benzene rings is 1. The SMILES string of the molecule is Cc1cc(NC(=O)C(=O)NC2CCOc3ccccc32)no1. The van der Waals surface area contributed by atoms with Crippen molar-refractivity contribution in [2.75, 3.05) is 11.9 Å². The first-order valence-corrected chi connectivity index (χ1v) is 6.90. The summed E-state index contributed by atoms with van der Waals surface area (Å²) in [5.74, 6) is -0.00898. The summed E-state index contributed by atoms with van der Waals surface area (Å²) in [6, 6.07) is 8.73. The third kappa shape index (κ3) is 2.93. The Kier molecular flexibility index (Phi) is 3.78. The molecule has 2 aromatic rings. The molecule has 1 aliphatic heterocycles. The number of ether oxygens (including phenoxy) is 1. The third-order valence-corrected chi connectivity index (χ3v) is 3.34. The van der Waals surface area contributed by atoms with Gasteiger partial charge in [-0.25, -0.2) is 0 Å². The van der Waals surface area contributed by atoms with Crippen molar-refractivity contribution in [3.05, 3.63) is 41.7 Å². The van der Waals surface area contributed by atoms with E-state index < -0.39 is 11.8 Å². The molecule has 1 aromatic carbocycles. The summed E-state index contributed by atoms with van der Waals surface area (Å²) in [5, 5.41) is 8.72. The first kappa shape index (κ1) is 14.1. The Morgan fingerprint density at radius 1 is 1.27 bits per heavy atom. The fourth-order valence-electron chi connectivity index (χ4n) is 2.31. The number of anilines is 1. The fourth-order valence-corrected chi connectivity index (χ4v) is 2.31. The van der Waals surface area contributed by atoms with E-state index in [9.17, 15) is 9.59 Å². The summed E-state index contributed by atoms with van der Waals surface area (Å²) >= 11 is 0. The number of hydrogen-bond donors (Lipinski definition) is 2. The Balaban J connectivity index is 1.66. The molecule has 2 N–H and O–H groups in total. The fraction of sp³-hybridized carbons (Fsp3) is 0.267. The molecule has 0 aliphatic carbocycles. The van der Waals surface area contributed by atoms with E-state index in [1.54, 1.807) is 6.92 Å². The van der Waals surface area contributed by atoms with Gasteiger partial charge in [-0.2, -0.15) is 0 Å². The molecular weight excluding hydrogens is 286 g/mol. The summed E-state index contributed by atoms with van der Waals surface area (Å²) in [4.78, 5) is 23.9.